The number of carbonyl (C=O) groups is 1. The fourth-order valence-corrected chi connectivity index (χ4v) is 3.31. The van der Waals surface area contributed by atoms with Crippen molar-refractivity contribution in [2.24, 2.45) is 0 Å². The molecule has 1 amide bonds. The third kappa shape index (κ3) is 5.76. The molecule has 23 heavy (non-hydrogen) atoms. The van der Waals surface area contributed by atoms with Crippen LogP contribution in [0.25, 0.3) is 0 Å². The predicted octanol–water partition coefficient (Wildman–Crippen LogP) is 4.80. The first-order valence-electron chi connectivity index (χ1n) is 8.07. The van der Waals surface area contributed by atoms with Gasteiger partial charge in [-0.15, -0.1) is 11.8 Å². The quantitative estimate of drug-likeness (QED) is 0.791. The fraction of sp³-hybridized carbons (Fsp3) is 0.350. The van der Waals surface area contributed by atoms with Crippen LogP contribution in [0.4, 0.5) is 0 Å². The van der Waals surface area contributed by atoms with E-state index in [9.17, 15) is 4.79 Å². The molecule has 0 aliphatic carbocycles. The van der Waals surface area contributed by atoms with Crippen LogP contribution < -0.4 is 5.32 Å². The van der Waals surface area contributed by atoms with E-state index in [0.29, 0.717) is 5.75 Å². The number of rotatable bonds is 7. The average Bonchev–Trinajstić information content (AvgIpc) is 2.54. The Morgan fingerprint density at radius 1 is 1.09 bits per heavy atom. The highest BCUT2D eigenvalue weighted by molar-refractivity contribution is 7.99. The second-order valence-corrected chi connectivity index (χ2v) is 6.91. The highest BCUT2D eigenvalue weighted by Gasteiger charge is 2.12. The Labute approximate surface area is 143 Å². The molecule has 0 aliphatic rings. The summed E-state index contributed by atoms with van der Waals surface area (Å²) >= 11 is 1.66. The van der Waals surface area contributed by atoms with E-state index < -0.39 is 0 Å². The number of aryl methyl sites for hydroxylation is 2. The summed E-state index contributed by atoms with van der Waals surface area (Å²) in [6, 6.07) is 16.9. The fourth-order valence-electron chi connectivity index (χ4n) is 2.52. The lowest BCUT2D eigenvalue weighted by atomic mass is 10.0. The van der Waals surface area contributed by atoms with Crippen LogP contribution in [-0.4, -0.2) is 11.7 Å². The first-order valence-corrected chi connectivity index (χ1v) is 9.23. The Morgan fingerprint density at radius 3 is 2.48 bits per heavy atom. The summed E-state index contributed by atoms with van der Waals surface area (Å²) in [4.78, 5) is 12.2. The molecule has 2 rings (SSSR count). The van der Waals surface area contributed by atoms with Crippen molar-refractivity contribution in [3.05, 3.63) is 70.8 Å². The Balaban J connectivity index is 1.82. The molecule has 0 spiro atoms. The summed E-state index contributed by atoms with van der Waals surface area (Å²) in [5.74, 6) is 1.47. The van der Waals surface area contributed by atoms with Crippen LogP contribution in [0.2, 0.25) is 0 Å². The molecule has 1 N–H and O–H groups in total. The average molecular weight is 327 g/mol. The summed E-state index contributed by atoms with van der Waals surface area (Å²) < 4.78 is 0. The van der Waals surface area contributed by atoms with E-state index in [4.69, 9.17) is 0 Å². The van der Waals surface area contributed by atoms with Crippen LogP contribution in [0.5, 0.6) is 0 Å². The number of hydrogen-bond donors (Lipinski definition) is 1. The van der Waals surface area contributed by atoms with Gasteiger partial charge >= 0.3 is 0 Å². The smallest absolute Gasteiger partial charge is 0.230 e. The van der Waals surface area contributed by atoms with Gasteiger partial charge in [0.25, 0.3) is 0 Å². The lowest BCUT2D eigenvalue weighted by Crippen LogP contribution is -2.29. The van der Waals surface area contributed by atoms with Gasteiger partial charge < -0.3 is 5.32 Å². The zero-order valence-electron chi connectivity index (χ0n) is 14.1. The van der Waals surface area contributed by atoms with Crippen molar-refractivity contribution < 1.29 is 4.79 Å². The van der Waals surface area contributed by atoms with Gasteiger partial charge in [-0.25, -0.2) is 0 Å². The molecule has 122 valence electrons. The van der Waals surface area contributed by atoms with E-state index in [1.54, 1.807) is 11.8 Å². The summed E-state index contributed by atoms with van der Waals surface area (Å²) in [6.07, 6.45) is 0.900. The van der Waals surface area contributed by atoms with Crippen molar-refractivity contribution in [1.29, 1.82) is 0 Å². The maximum atomic E-state index is 12.2. The van der Waals surface area contributed by atoms with Crippen LogP contribution >= 0.6 is 11.8 Å². The monoisotopic (exact) mass is 327 g/mol. The van der Waals surface area contributed by atoms with Gasteiger partial charge in [-0.2, -0.15) is 0 Å². The molecule has 0 heterocycles. The van der Waals surface area contributed by atoms with Crippen molar-refractivity contribution in [2.75, 3.05) is 5.75 Å². The van der Waals surface area contributed by atoms with Crippen molar-refractivity contribution in [3.63, 3.8) is 0 Å². The standard InChI is InChI=1S/C20H25NOS/c1-4-19(18-10-8-15(2)9-11-18)21-20(22)14-23-13-17-7-5-6-16(3)12-17/h5-12,19H,4,13-14H2,1-3H3,(H,21,22)/t19-/m0/s1. The Hall–Kier alpha value is -1.74. The van der Waals surface area contributed by atoms with E-state index >= 15 is 0 Å². The summed E-state index contributed by atoms with van der Waals surface area (Å²) in [7, 11) is 0. The van der Waals surface area contributed by atoms with E-state index in [1.165, 1.54) is 22.3 Å². The van der Waals surface area contributed by atoms with Gasteiger partial charge in [-0.05, 0) is 31.4 Å². The van der Waals surface area contributed by atoms with Crippen molar-refractivity contribution in [1.82, 2.24) is 5.32 Å². The maximum Gasteiger partial charge on any atom is 0.230 e. The molecule has 0 aromatic heterocycles. The molecular weight excluding hydrogens is 302 g/mol. The highest BCUT2D eigenvalue weighted by atomic mass is 32.2. The third-order valence-corrected chi connectivity index (χ3v) is 4.81. The normalized spacial score (nSPS) is 12.0. The molecule has 2 aromatic carbocycles. The maximum absolute atomic E-state index is 12.2. The zero-order chi connectivity index (χ0) is 16.7. The lowest BCUT2D eigenvalue weighted by molar-refractivity contribution is -0.119. The van der Waals surface area contributed by atoms with Crippen LogP contribution in [0.3, 0.4) is 0 Å². The van der Waals surface area contributed by atoms with E-state index in [1.807, 2.05) is 0 Å². The van der Waals surface area contributed by atoms with Crippen LogP contribution in [0.1, 0.15) is 41.6 Å². The molecule has 2 aromatic rings. The molecule has 0 aliphatic heterocycles. The van der Waals surface area contributed by atoms with Gasteiger partial charge in [-0.1, -0.05) is 66.6 Å². The molecule has 1 atom stereocenters. The molecule has 2 nitrogen and oxygen atoms in total. The third-order valence-electron chi connectivity index (χ3n) is 3.81. The van der Waals surface area contributed by atoms with Crippen molar-refractivity contribution in [3.8, 4) is 0 Å². The van der Waals surface area contributed by atoms with Gasteiger partial charge in [-0.3, -0.25) is 4.79 Å². The second kappa shape index (κ2) is 8.78. The SMILES string of the molecule is CC[C@H](NC(=O)CSCc1cccc(C)c1)c1ccc(C)cc1. The molecule has 0 saturated carbocycles. The molecule has 0 saturated heterocycles. The minimum absolute atomic E-state index is 0.0997. The number of carbonyl (C=O) groups excluding carboxylic acids is 1. The van der Waals surface area contributed by atoms with Crippen LogP contribution in [-0.2, 0) is 10.5 Å². The van der Waals surface area contributed by atoms with Gasteiger partial charge in [0.2, 0.25) is 5.91 Å². The summed E-state index contributed by atoms with van der Waals surface area (Å²) in [5.41, 5.74) is 4.95. The highest BCUT2D eigenvalue weighted by Crippen LogP contribution is 2.18. The number of hydrogen-bond acceptors (Lipinski definition) is 2. The second-order valence-electron chi connectivity index (χ2n) is 5.92. The Morgan fingerprint density at radius 2 is 1.83 bits per heavy atom. The molecule has 0 radical (unpaired) electrons. The molecule has 3 heteroatoms. The van der Waals surface area contributed by atoms with Crippen LogP contribution in [0.15, 0.2) is 48.5 Å². The Kier molecular flexibility index (Phi) is 6.72. The molecule has 0 bridgehead atoms. The first kappa shape index (κ1) is 17.6. The lowest BCUT2D eigenvalue weighted by Gasteiger charge is -2.17. The van der Waals surface area contributed by atoms with Gasteiger partial charge in [0, 0.05) is 5.75 Å². The number of amides is 1. The first-order chi connectivity index (χ1) is 11.1. The Bertz CT molecular complexity index is 636. The van der Waals surface area contributed by atoms with E-state index in [-0.39, 0.29) is 11.9 Å². The molecule has 0 fully saturated rings. The van der Waals surface area contributed by atoms with E-state index in [2.05, 4.69) is 74.6 Å². The number of benzene rings is 2. The molecular formula is C20H25NOS. The van der Waals surface area contributed by atoms with Gasteiger partial charge in [0.05, 0.1) is 11.8 Å². The van der Waals surface area contributed by atoms with Gasteiger partial charge in [0.1, 0.15) is 0 Å². The number of thioether (sulfide) groups is 1. The minimum atomic E-state index is 0.0997. The summed E-state index contributed by atoms with van der Waals surface area (Å²) in [6.45, 7) is 6.27. The van der Waals surface area contributed by atoms with Gasteiger partial charge in [0.15, 0.2) is 0 Å². The summed E-state index contributed by atoms with van der Waals surface area (Å²) in [5, 5.41) is 3.14. The number of nitrogens with one attached hydrogen (secondary N) is 1. The van der Waals surface area contributed by atoms with Crippen molar-refractivity contribution in [2.45, 2.75) is 39.0 Å². The predicted molar refractivity (Wildman–Crippen MR) is 99.7 cm³/mol. The van der Waals surface area contributed by atoms with Crippen LogP contribution in [0, 0.1) is 13.8 Å². The molecule has 0 unspecified atom stereocenters. The zero-order valence-corrected chi connectivity index (χ0v) is 15.0. The van der Waals surface area contributed by atoms with E-state index in [0.717, 1.165) is 12.2 Å². The largest absolute Gasteiger partial charge is 0.349 e. The minimum Gasteiger partial charge on any atom is -0.349 e. The van der Waals surface area contributed by atoms with Crippen molar-refractivity contribution >= 4 is 17.7 Å². The topological polar surface area (TPSA) is 29.1 Å².